The largest absolute Gasteiger partial charge is 0.372 e. The van der Waals surface area contributed by atoms with Gasteiger partial charge in [0.25, 0.3) is 0 Å². The van der Waals surface area contributed by atoms with Crippen molar-refractivity contribution in [3.05, 3.63) is 29.1 Å². The molecule has 1 aliphatic carbocycles. The molecule has 1 N–H and O–H groups in total. The second-order valence-corrected chi connectivity index (χ2v) is 10.5. The molecule has 2 fully saturated rings. The van der Waals surface area contributed by atoms with Crippen molar-refractivity contribution in [2.45, 2.75) is 62.5 Å². The molecule has 0 spiro atoms. The number of rotatable bonds is 8. The average Bonchev–Trinajstić information content (AvgIpc) is 3.12. The van der Waals surface area contributed by atoms with E-state index in [4.69, 9.17) is 21.1 Å². The Balaban J connectivity index is 1.62. The summed E-state index contributed by atoms with van der Waals surface area (Å²) in [6.07, 6.45) is 5.40. The topological polar surface area (TPSA) is 121 Å². The maximum Gasteiger partial charge on any atom is 0.240 e. The third kappa shape index (κ3) is 4.03. The second kappa shape index (κ2) is 8.03. The molecule has 1 saturated heterocycles. The first-order valence-corrected chi connectivity index (χ1v) is 11.8. The Kier molecular flexibility index (Phi) is 5.73. The van der Waals surface area contributed by atoms with Crippen LogP contribution in [0.25, 0.3) is 0 Å². The molecule has 0 amide bonds. The fourth-order valence-corrected chi connectivity index (χ4v) is 4.88. The molecule has 4 rings (SSSR count). The molecule has 12 heteroatoms. The number of ether oxygens (including phenoxy) is 2. The number of hydrogen-bond acceptors (Lipinski definition) is 8. The van der Waals surface area contributed by atoms with Gasteiger partial charge in [0.15, 0.2) is 11.6 Å². The Morgan fingerprint density at radius 1 is 1.33 bits per heavy atom. The fraction of sp³-hybridized carbons (Fsp3) is 0.667. The van der Waals surface area contributed by atoms with Gasteiger partial charge in [-0.05, 0) is 39.5 Å². The van der Waals surface area contributed by atoms with Crippen LogP contribution in [0.3, 0.4) is 0 Å². The summed E-state index contributed by atoms with van der Waals surface area (Å²) < 4.78 is 42.0. The van der Waals surface area contributed by atoms with Gasteiger partial charge in [0, 0.05) is 31.6 Å². The van der Waals surface area contributed by atoms with Crippen molar-refractivity contribution < 1.29 is 17.9 Å². The van der Waals surface area contributed by atoms with E-state index < -0.39 is 21.4 Å². The van der Waals surface area contributed by atoms with Gasteiger partial charge < -0.3 is 9.47 Å². The van der Waals surface area contributed by atoms with Gasteiger partial charge in [-0.3, -0.25) is 9.29 Å². The van der Waals surface area contributed by atoms with Gasteiger partial charge in [0.05, 0.1) is 5.02 Å². The predicted molar refractivity (Wildman–Crippen MR) is 110 cm³/mol. The highest BCUT2D eigenvalue weighted by Crippen LogP contribution is 2.47. The number of halogens is 1. The molecule has 3 heterocycles. The lowest BCUT2D eigenvalue weighted by atomic mass is 10.2. The number of methoxy groups -OCH3 is 1. The molecule has 10 nitrogen and oxygen atoms in total. The van der Waals surface area contributed by atoms with Gasteiger partial charge >= 0.3 is 0 Å². The van der Waals surface area contributed by atoms with Crippen molar-refractivity contribution in [1.82, 2.24) is 24.7 Å². The van der Waals surface area contributed by atoms with E-state index in [-0.39, 0.29) is 23.4 Å². The van der Waals surface area contributed by atoms with Gasteiger partial charge in [-0.1, -0.05) is 11.6 Å². The van der Waals surface area contributed by atoms with E-state index in [0.29, 0.717) is 17.5 Å². The molecule has 30 heavy (non-hydrogen) atoms. The van der Waals surface area contributed by atoms with Gasteiger partial charge in [0.1, 0.15) is 17.5 Å². The van der Waals surface area contributed by atoms with Crippen molar-refractivity contribution in [2.24, 2.45) is 0 Å². The molecular formula is C18H25ClN6O4S. The molecule has 2 unspecified atom stereocenters. The molecule has 0 radical (unpaired) electrons. The van der Waals surface area contributed by atoms with Crippen LogP contribution in [0.5, 0.6) is 0 Å². The third-order valence-corrected chi connectivity index (χ3v) is 7.61. The lowest BCUT2D eigenvalue weighted by Crippen LogP contribution is -2.34. The van der Waals surface area contributed by atoms with E-state index in [1.807, 2.05) is 4.57 Å². The normalized spacial score (nSPS) is 22.6. The summed E-state index contributed by atoms with van der Waals surface area (Å²) in [6.45, 7) is 4.27. The smallest absolute Gasteiger partial charge is 0.240 e. The first-order chi connectivity index (χ1) is 14.2. The molecule has 3 atom stereocenters. The molecule has 1 aliphatic heterocycles. The van der Waals surface area contributed by atoms with Crippen LogP contribution < -0.4 is 4.72 Å². The number of anilines is 1. The molecule has 164 valence electrons. The highest BCUT2D eigenvalue weighted by atomic mass is 35.5. The summed E-state index contributed by atoms with van der Waals surface area (Å²) in [5.74, 6) is 1.09. The highest BCUT2D eigenvalue weighted by Gasteiger charge is 2.45. The van der Waals surface area contributed by atoms with Crippen LogP contribution in [0.15, 0.2) is 12.4 Å². The summed E-state index contributed by atoms with van der Waals surface area (Å²) >= 11 is 5.83. The summed E-state index contributed by atoms with van der Waals surface area (Å²) in [6, 6.07) is 0. The van der Waals surface area contributed by atoms with Crippen molar-refractivity contribution in [1.29, 1.82) is 0 Å². The zero-order valence-corrected chi connectivity index (χ0v) is 18.6. The van der Waals surface area contributed by atoms with E-state index in [1.165, 1.54) is 26.4 Å². The highest BCUT2D eigenvalue weighted by molar-refractivity contribution is 7.93. The van der Waals surface area contributed by atoms with E-state index in [2.05, 4.69) is 31.8 Å². The van der Waals surface area contributed by atoms with Crippen LogP contribution in [0.1, 0.15) is 63.4 Å². The summed E-state index contributed by atoms with van der Waals surface area (Å²) in [4.78, 5) is 8.21. The van der Waals surface area contributed by atoms with Crippen molar-refractivity contribution in [2.75, 3.05) is 18.4 Å². The van der Waals surface area contributed by atoms with Crippen molar-refractivity contribution in [3.8, 4) is 0 Å². The Morgan fingerprint density at radius 3 is 2.60 bits per heavy atom. The number of sulfonamides is 1. The van der Waals surface area contributed by atoms with Crippen molar-refractivity contribution >= 4 is 27.6 Å². The van der Waals surface area contributed by atoms with E-state index in [1.54, 1.807) is 0 Å². The third-order valence-electron chi connectivity index (χ3n) is 5.72. The Hall–Kier alpha value is -1.82. The van der Waals surface area contributed by atoms with E-state index in [9.17, 15) is 8.42 Å². The Labute approximate surface area is 180 Å². The molecule has 0 aromatic carbocycles. The van der Waals surface area contributed by atoms with Crippen LogP contribution in [0.2, 0.25) is 5.02 Å². The summed E-state index contributed by atoms with van der Waals surface area (Å²) in [7, 11) is -2.49. The minimum atomic E-state index is -3.90. The molecular weight excluding hydrogens is 432 g/mol. The minimum Gasteiger partial charge on any atom is -0.372 e. The Morgan fingerprint density at radius 2 is 2.03 bits per heavy atom. The molecule has 0 bridgehead atoms. The monoisotopic (exact) mass is 456 g/mol. The minimum absolute atomic E-state index is 0.167. The van der Waals surface area contributed by atoms with Crippen LogP contribution >= 0.6 is 11.6 Å². The number of nitrogens with zero attached hydrogens (tertiary/aromatic N) is 5. The van der Waals surface area contributed by atoms with Gasteiger partial charge in [-0.2, -0.15) is 0 Å². The maximum atomic E-state index is 13.2. The van der Waals surface area contributed by atoms with Crippen LogP contribution in [0, 0.1) is 0 Å². The van der Waals surface area contributed by atoms with Crippen LogP contribution in [-0.4, -0.2) is 52.1 Å². The maximum absolute atomic E-state index is 13.2. The lowest BCUT2D eigenvalue weighted by Gasteiger charge is -2.23. The van der Waals surface area contributed by atoms with E-state index >= 15 is 0 Å². The first kappa shape index (κ1) is 21.4. The summed E-state index contributed by atoms with van der Waals surface area (Å²) in [5.41, 5.74) is -0.216. The summed E-state index contributed by atoms with van der Waals surface area (Å²) in [5, 5.41) is 7.79. The predicted octanol–water partition coefficient (Wildman–Crippen LogP) is 2.60. The first-order valence-electron chi connectivity index (χ1n) is 9.84. The number of aromatic nitrogens is 5. The second-order valence-electron chi connectivity index (χ2n) is 7.98. The van der Waals surface area contributed by atoms with Gasteiger partial charge in [-0.25, -0.2) is 18.4 Å². The SMILES string of the molecule is COC(c1ncc(Cl)cn1)C(C)S(=O)(=O)Nc1nnc([C@H]2CCCO2)n1C1(C)CC1. The molecule has 2 aromatic heterocycles. The average molecular weight is 457 g/mol. The zero-order valence-electron chi connectivity index (χ0n) is 17.1. The number of hydrogen-bond donors (Lipinski definition) is 1. The van der Waals surface area contributed by atoms with Crippen LogP contribution in [0.4, 0.5) is 5.95 Å². The van der Waals surface area contributed by atoms with Gasteiger partial charge in [0.2, 0.25) is 16.0 Å². The number of nitrogens with one attached hydrogen (secondary N) is 1. The fourth-order valence-electron chi connectivity index (χ4n) is 3.65. The van der Waals surface area contributed by atoms with Crippen LogP contribution in [-0.2, 0) is 25.0 Å². The van der Waals surface area contributed by atoms with Crippen molar-refractivity contribution in [3.63, 3.8) is 0 Å². The lowest BCUT2D eigenvalue weighted by molar-refractivity contribution is 0.0949. The van der Waals surface area contributed by atoms with Gasteiger partial charge in [-0.15, -0.1) is 10.2 Å². The van der Waals surface area contributed by atoms with E-state index in [0.717, 1.165) is 25.7 Å². The molecule has 1 saturated carbocycles. The zero-order chi connectivity index (χ0) is 21.5. The quantitative estimate of drug-likeness (QED) is 0.643. The molecule has 2 aromatic rings. The Bertz CT molecular complexity index is 1000. The molecule has 2 aliphatic rings. The standard InChI is InChI=1S/C18H25ClN6O4S/c1-11(14(28-3)15-20-9-12(19)10-21-15)30(26,27)24-17-23-22-16(13-5-4-8-29-13)25(17)18(2)6-7-18/h9-11,13-14H,4-8H2,1-3H3,(H,23,24)/t11?,13-,14?/m1/s1.